The van der Waals surface area contributed by atoms with Gasteiger partial charge in [0, 0.05) is 43.3 Å². The van der Waals surface area contributed by atoms with Crippen molar-refractivity contribution in [3.8, 4) is 0 Å². The molecule has 0 bridgehead atoms. The maximum Gasteiger partial charge on any atom is 0.329 e. The molecule has 1 fully saturated rings. The van der Waals surface area contributed by atoms with Crippen LogP contribution in [0.3, 0.4) is 0 Å². The van der Waals surface area contributed by atoms with Crippen molar-refractivity contribution in [1.82, 2.24) is 10.2 Å². The Bertz CT molecular complexity index is 1140. The number of nitrogens with zero attached hydrogens (tertiary/aromatic N) is 2. The summed E-state index contributed by atoms with van der Waals surface area (Å²) in [7, 11) is 0. The lowest BCUT2D eigenvalue weighted by Gasteiger charge is -2.36. The molecule has 1 aliphatic rings. The molecule has 1 aromatic heterocycles. The zero-order valence-corrected chi connectivity index (χ0v) is 19.8. The number of anilines is 1. The topological polar surface area (TPSA) is 92.1 Å². The van der Waals surface area contributed by atoms with Crippen LogP contribution in [0.4, 0.5) is 5.69 Å². The number of halogens is 1. The Hall–Kier alpha value is -3.78. The van der Waals surface area contributed by atoms with Crippen molar-refractivity contribution in [2.75, 3.05) is 37.7 Å². The number of carbonyl (C=O) groups is 3. The largest absolute Gasteiger partial charge is 0.459 e. The third-order valence-corrected chi connectivity index (χ3v) is 6.00. The van der Waals surface area contributed by atoms with Crippen LogP contribution in [0.2, 0.25) is 5.02 Å². The molecular weight excluding hydrogens is 470 g/mol. The van der Waals surface area contributed by atoms with Gasteiger partial charge in [-0.3, -0.25) is 9.59 Å². The van der Waals surface area contributed by atoms with Gasteiger partial charge in [0.05, 0.1) is 6.26 Å². The number of hydrogen-bond acceptors (Lipinski definition) is 6. The molecule has 35 heavy (non-hydrogen) atoms. The molecule has 0 spiro atoms. The summed E-state index contributed by atoms with van der Waals surface area (Å²) in [4.78, 5) is 41.8. The first-order chi connectivity index (χ1) is 17.0. The lowest BCUT2D eigenvalue weighted by molar-refractivity contribution is -0.153. The fourth-order valence-corrected chi connectivity index (χ4v) is 4.08. The zero-order chi connectivity index (χ0) is 24.6. The van der Waals surface area contributed by atoms with Gasteiger partial charge in [0.15, 0.2) is 12.4 Å². The first-order valence-electron chi connectivity index (χ1n) is 11.3. The van der Waals surface area contributed by atoms with Crippen LogP contribution in [-0.4, -0.2) is 61.5 Å². The van der Waals surface area contributed by atoms with Crippen LogP contribution in [0.1, 0.15) is 16.1 Å². The van der Waals surface area contributed by atoms with Gasteiger partial charge in [0.25, 0.3) is 11.8 Å². The summed E-state index contributed by atoms with van der Waals surface area (Å²) in [5.41, 5.74) is 1.85. The van der Waals surface area contributed by atoms with Gasteiger partial charge in [0.1, 0.15) is 6.04 Å². The Balaban J connectivity index is 1.31. The monoisotopic (exact) mass is 495 g/mol. The molecule has 0 radical (unpaired) electrons. The van der Waals surface area contributed by atoms with Gasteiger partial charge in [-0.05, 0) is 35.9 Å². The summed E-state index contributed by atoms with van der Waals surface area (Å²) >= 11 is 6.08. The summed E-state index contributed by atoms with van der Waals surface area (Å²) < 4.78 is 10.4. The highest BCUT2D eigenvalue weighted by Crippen LogP contribution is 2.20. The van der Waals surface area contributed by atoms with Crippen LogP contribution in [0.15, 0.2) is 77.4 Å². The van der Waals surface area contributed by atoms with Crippen LogP contribution in [0.25, 0.3) is 0 Å². The second-order valence-electron chi connectivity index (χ2n) is 8.15. The van der Waals surface area contributed by atoms with Gasteiger partial charge in [-0.2, -0.15) is 0 Å². The first-order valence-corrected chi connectivity index (χ1v) is 11.7. The summed E-state index contributed by atoms with van der Waals surface area (Å²) in [5.74, 6) is -1.40. The van der Waals surface area contributed by atoms with E-state index in [-0.39, 0.29) is 18.1 Å². The average Bonchev–Trinajstić information content (AvgIpc) is 3.43. The van der Waals surface area contributed by atoms with Crippen LogP contribution >= 0.6 is 11.6 Å². The zero-order valence-electron chi connectivity index (χ0n) is 19.1. The fourth-order valence-electron chi connectivity index (χ4n) is 3.89. The minimum absolute atomic E-state index is 0.0875. The van der Waals surface area contributed by atoms with Crippen LogP contribution in [0, 0.1) is 0 Å². The minimum Gasteiger partial charge on any atom is -0.459 e. The average molecular weight is 496 g/mol. The number of rotatable bonds is 8. The van der Waals surface area contributed by atoms with Crippen molar-refractivity contribution in [1.29, 1.82) is 0 Å². The minimum atomic E-state index is -0.970. The molecule has 4 rings (SSSR count). The molecule has 2 amide bonds. The van der Waals surface area contributed by atoms with E-state index in [1.54, 1.807) is 11.0 Å². The first kappa shape index (κ1) is 24.3. The number of nitrogens with one attached hydrogen (secondary N) is 1. The molecule has 8 nitrogen and oxygen atoms in total. The van der Waals surface area contributed by atoms with Gasteiger partial charge in [-0.25, -0.2) is 4.79 Å². The summed E-state index contributed by atoms with van der Waals surface area (Å²) in [5, 5.41) is 3.31. The van der Waals surface area contributed by atoms with E-state index in [1.165, 1.54) is 12.3 Å². The van der Waals surface area contributed by atoms with Crippen molar-refractivity contribution < 1.29 is 23.5 Å². The third kappa shape index (κ3) is 6.64. The van der Waals surface area contributed by atoms with Crippen LogP contribution in [-0.2, 0) is 20.7 Å². The summed E-state index contributed by atoms with van der Waals surface area (Å²) in [6.07, 6.45) is 1.60. The van der Waals surface area contributed by atoms with Crippen LogP contribution in [0.5, 0.6) is 0 Å². The number of esters is 1. The maximum absolute atomic E-state index is 12.8. The van der Waals surface area contributed by atoms with Crippen molar-refractivity contribution in [3.63, 3.8) is 0 Å². The molecule has 1 N–H and O–H groups in total. The van der Waals surface area contributed by atoms with Crippen molar-refractivity contribution >= 4 is 35.1 Å². The molecular formula is C26H26ClN3O5. The number of piperazine rings is 1. The van der Waals surface area contributed by atoms with E-state index in [0.29, 0.717) is 31.2 Å². The van der Waals surface area contributed by atoms with E-state index in [0.717, 1.165) is 11.3 Å². The summed E-state index contributed by atoms with van der Waals surface area (Å²) in [6, 6.07) is 19.0. The second kappa shape index (κ2) is 11.6. The highest BCUT2D eigenvalue weighted by Gasteiger charge is 2.27. The van der Waals surface area contributed by atoms with E-state index < -0.39 is 24.5 Å². The van der Waals surface area contributed by atoms with Crippen molar-refractivity contribution in [2.45, 2.75) is 12.5 Å². The fraction of sp³-hybridized carbons (Fsp3) is 0.269. The molecule has 2 aromatic carbocycles. The highest BCUT2D eigenvalue weighted by atomic mass is 35.5. The highest BCUT2D eigenvalue weighted by molar-refractivity contribution is 6.30. The van der Waals surface area contributed by atoms with E-state index in [4.69, 9.17) is 20.8 Å². The Morgan fingerprint density at radius 2 is 1.74 bits per heavy atom. The Labute approximate surface area is 208 Å². The van der Waals surface area contributed by atoms with E-state index >= 15 is 0 Å². The normalized spacial score (nSPS) is 14.3. The molecule has 0 saturated carbocycles. The number of hydrogen-bond donors (Lipinski definition) is 1. The second-order valence-corrected chi connectivity index (χ2v) is 8.58. The molecule has 3 aromatic rings. The molecule has 1 aliphatic heterocycles. The lowest BCUT2D eigenvalue weighted by atomic mass is 10.1. The number of ether oxygens (including phenoxy) is 1. The molecule has 1 unspecified atom stereocenters. The number of carbonyl (C=O) groups excluding carboxylic acids is 3. The van der Waals surface area contributed by atoms with Gasteiger partial charge in [-0.1, -0.05) is 48.0 Å². The molecule has 1 saturated heterocycles. The van der Waals surface area contributed by atoms with E-state index in [9.17, 15) is 14.4 Å². The van der Waals surface area contributed by atoms with Crippen molar-refractivity contribution in [2.24, 2.45) is 0 Å². The molecule has 182 valence electrons. The number of furan rings is 1. The predicted octanol–water partition coefficient (Wildman–Crippen LogP) is 3.17. The standard InChI is InChI=1S/C26H26ClN3O5/c27-20-8-4-9-21(17-20)29-11-13-30(14-12-29)24(31)18-35-26(33)22(16-19-6-2-1-3-7-19)28-25(32)23-10-5-15-34-23/h1-10,15,17,22H,11-14,16,18H2,(H,28,32). The Kier molecular flexibility index (Phi) is 8.05. The van der Waals surface area contributed by atoms with Gasteiger partial charge in [-0.15, -0.1) is 0 Å². The molecule has 2 heterocycles. The smallest absolute Gasteiger partial charge is 0.329 e. The number of benzene rings is 2. The molecule has 0 aliphatic carbocycles. The van der Waals surface area contributed by atoms with E-state index in [2.05, 4.69) is 10.2 Å². The SMILES string of the molecule is O=C(NC(Cc1ccccc1)C(=O)OCC(=O)N1CCN(c2cccc(Cl)c2)CC1)c1ccco1. The Morgan fingerprint density at radius 1 is 0.971 bits per heavy atom. The lowest BCUT2D eigenvalue weighted by Crippen LogP contribution is -2.50. The third-order valence-electron chi connectivity index (χ3n) is 5.76. The molecule has 1 atom stereocenters. The van der Waals surface area contributed by atoms with Gasteiger partial charge >= 0.3 is 5.97 Å². The van der Waals surface area contributed by atoms with Crippen molar-refractivity contribution in [3.05, 3.63) is 89.3 Å². The maximum atomic E-state index is 12.8. The Morgan fingerprint density at radius 3 is 2.43 bits per heavy atom. The summed E-state index contributed by atoms with van der Waals surface area (Å²) in [6.45, 7) is 1.92. The molecule has 9 heteroatoms. The van der Waals surface area contributed by atoms with Gasteiger partial charge in [0.2, 0.25) is 0 Å². The van der Waals surface area contributed by atoms with E-state index in [1.807, 2.05) is 54.6 Å². The quantitative estimate of drug-likeness (QED) is 0.483. The van der Waals surface area contributed by atoms with Crippen LogP contribution < -0.4 is 10.2 Å². The van der Waals surface area contributed by atoms with Gasteiger partial charge < -0.3 is 24.3 Å². The number of amides is 2. The predicted molar refractivity (Wildman–Crippen MR) is 131 cm³/mol.